The second-order valence-corrected chi connectivity index (χ2v) is 5.72. The van der Waals surface area contributed by atoms with Crippen LogP contribution < -0.4 is 5.32 Å². The second-order valence-electron chi connectivity index (χ2n) is 4.91. The summed E-state index contributed by atoms with van der Waals surface area (Å²) in [5, 5.41) is 4.67. The van der Waals surface area contributed by atoms with Crippen LogP contribution in [0.5, 0.6) is 0 Å². The van der Waals surface area contributed by atoms with E-state index < -0.39 is 0 Å². The Morgan fingerprint density at radius 3 is 2.16 bits per heavy atom. The van der Waals surface area contributed by atoms with Gasteiger partial charge in [-0.3, -0.25) is 0 Å². The predicted molar refractivity (Wildman–Crippen MR) is 84.1 cm³/mol. The molecule has 0 aliphatic heterocycles. The second kappa shape index (κ2) is 6.31. The van der Waals surface area contributed by atoms with Crippen molar-refractivity contribution in [3.05, 3.63) is 64.1 Å². The van der Waals surface area contributed by atoms with E-state index in [-0.39, 0.29) is 6.04 Å². The molecule has 1 nitrogen and oxygen atoms in total. The van der Waals surface area contributed by atoms with Gasteiger partial charge >= 0.3 is 0 Å². The highest BCUT2D eigenvalue weighted by Gasteiger charge is 2.15. The van der Waals surface area contributed by atoms with Gasteiger partial charge in [-0.2, -0.15) is 0 Å². The maximum Gasteiger partial charge on any atom is 0.0612 e. The predicted octanol–water partition coefficient (Wildman–Crippen LogP) is 5.80. The number of halogens is 2. The van der Waals surface area contributed by atoms with Gasteiger partial charge in [0, 0.05) is 5.69 Å². The van der Waals surface area contributed by atoms with Crippen LogP contribution in [0, 0.1) is 5.92 Å². The van der Waals surface area contributed by atoms with Crippen molar-refractivity contribution in [2.75, 3.05) is 5.32 Å². The first-order chi connectivity index (χ1) is 9.08. The van der Waals surface area contributed by atoms with Gasteiger partial charge in [0.25, 0.3) is 0 Å². The van der Waals surface area contributed by atoms with Crippen molar-refractivity contribution in [3.8, 4) is 0 Å². The zero-order valence-corrected chi connectivity index (χ0v) is 12.5. The molecule has 2 rings (SSSR count). The average molecular weight is 294 g/mol. The molecular formula is C16H17Cl2N. The number of nitrogens with one attached hydrogen (secondary N) is 1. The van der Waals surface area contributed by atoms with Gasteiger partial charge < -0.3 is 5.32 Å². The van der Waals surface area contributed by atoms with Crippen LogP contribution in [-0.4, -0.2) is 0 Å². The number of hydrogen-bond acceptors (Lipinski definition) is 1. The maximum absolute atomic E-state index is 6.05. The first-order valence-corrected chi connectivity index (χ1v) is 7.10. The molecule has 3 heteroatoms. The van der Waals surface area contributed by atoms with Crippen LogP contribution in [0.4, 0.5) is 5.69 Å². The SMILES string of the molecule is CC(C)C(Nc1ccc(Cl)c(Cl)c1)c1ccccc1. The fourth-order valence-corrected chi connectivity index (χ4v) is 2.36. The molecule has 0 aliphatic carbocycles. The molecule has 0 spiro atoms. The maximum atomic E-state index is 6.05. The van der Waals surface area contributed by atoms with Crippen LogP contribution >= 0.6 is 23.2 Å². The minimum absolute atomic E-state index is 0.249. The molecule has 0 fully saturated rings. The first-order valence-electron chi connectivity index (χ1n) is 6.34. The van der Waals surface area contributed by atoms with Gasteiger partial charge in [0.15, 0.2) is 0 Å². The van der Waals surface area contributed by atoms with Crippen molar-refractivity contribution >= 4 is 28.9 Å². The minimum atomic E-state index is 0.249. The van der Waals surface area contributed by atoms with E-state index >= 15 is 0 Å². The van der Waals surface area contributed by atoms with Crippen LogP contribution in [0.1, 0.15) is 25.5 Å². The van der Waals surface area contributed by atoms with Crippen LogP contribution in [0.25, 0.3) is 0 Å². The van der Waals surface area contributed by atoms with Crippen LogP contribution in [0.15, 0.2) is 48.5 Å². The van der Waals surface area contributed by atoms with Gasteiger partial charge in [-0.05, 0) is 29.7 Å². The fraction of sp³-hybridized carbons (Fsp3) is 0.250. The van der Waals surface area contributed by atoms with Gasteiger partial charge in [-0.25, -0.2) is 0 Å². The first kappa shape index (κ1) is 14.2. The number of hydrogen-bond donors (Lipinski definition) is 1. The van der Waals surface area contributed by atoms with E-state index in [1.54, 1.807) is 0 Å². The highest BCUT2D eigenvalue weighted by molar-refractivity contribution is 6.42. The summed E-state index contributed by atoms with van der Waals surface area (Å²) < 4.78 is 0. The zero-order valence-electron chi connectivity index (χ0n) is 11.0. The molecule has 0 aromatic heterocycles. The van der Waals surface area contributed by atoms with Crippen molar-refractivity contribution in [1.29, 1.82) is 0 Å². The standard InChI is InChI=1S/C16H17Cl2N/c1-11(2)16(12-6-4-3-5-7-12)19-13-8-9-14(17)15(18)10-13/h3-11,16,19H,1-2H3. The van der Waals surface area contributed by atoms with E-state index in [0.717, 1.165) is 5.69 Å². The molecule has 2 aromatic carbocycles. The molecule has 0 saturated heterocycles. The Morgan fingerprint density at radius 2 is 1.58 bits per heavy atom. The summed E-state index contributed by atoms with van der Waals surface area (Å²) in [7, 11) is 0. The third-order valence-electron chi connectivity index (χ3n) is 3.07. The van der Waals surface area contributed by atoms with E-state index in [1.807, 2.05) is 24.3 Å². The summed E-state index contributed by atoms with van der Waals surface area (Å²) in [4.78, 5) is 0. The quantitative estimate of drug-likeness (QED) is 0.751. The summed E-state index contributed by atoms with van der Waals surface area (Å²) in [5.41, 5.74) is 2.25. The topological polar surface area (TPSA) is 12.0 Å². The van der Waals surface area contributed by atoms with Crippen molar-refractivity contribution in [2.45, 2.75) is 19.9 Å². The Labute approximate surface area is 124 Å². The van der Waals surface area contributed by atoms with E-state index in [0.29, 0.717) is 16.0 Å². The Hall–Kier alpha value is -1.18. The molecule has 19 heavy (non-hydrogen) atoms. The Kier molecular flexibility index (Phi) is 4.73. The molecular weight excluding hydrogens is 277 g/mol. The lowest BCUT2D eigenvalue weighted by molar-refractivity contribution is 0.546. The van der Waals surface area contributed by atoms with E-state index in [4.69, 9.17) is 23.2 Å². The van der Waals surface area contributed by atoms with Crippen molar-refractivity contribution in [2.24, 2.45) is 5.92 Å². The smallest absolute Gasteiger partial charge is 0.0612 e. The number of anilines is 1. The minimum Gasteiger partial charge on any atom is -0.378 e. The molecule has 1 atom stereocenters. The highest BCUT2D eigenvalue weighted by atomic mass is 35.5. The fourth-order valence-electron chi connectivity index (χ4n) is 2.06. The van der Waals surface area contributed by atoms with Gasteiger partial charge in [0.05, 0.1) is 16.1 Å². The molecule has 0 aliphatic rings. The largest absolute Gasteiger partial charge is 0.378 e. The van der Waals surface area contributed by atoms with Crippen LogP contribution in [0.2, 0.25) is 10.0 Å². The third-order valence-corrected chi connectivity index (χ3v) is 3.81. The molecule has 1 unspecified atom stereocenters. The summed E-state index contributed by atoms with van der Waals surface area (Å²) in [6.45, 7) is 4.39. The van der Waals surface area contributed by atoms with E-state index in [2.05, 4.69) is 43.4 Å². The van der Waals surface area contributed by atoms with Gasteiger partial charge in [-0.15, -0.1) is 0 Å². The van der Waals surface area contributed by atoms with Crippen molar-refractivity contribution in [1.82, 2.24) is 0 Å². The number of rotatable bonds is 4. The van der Waals surface area contributed by atoms with E-state index in [9.17, 15) is 0 Å². The molecule has 0 radical (unpaired) electrons. The van der Waals surface area contributed by atoms with Gasteiger partial charge in [0.2, 0.25) is 0 Å². The lowest BCUT2D eigenvalue weighted by atomic mass is 9.96. The number of benzene rings is 2. The molecule has 2 aromatic rings. The van der Waals surface area contributed by atoms with Crippen LogP contribution in [0.3, 0.4) is 0 Å². The Bertz CT molecular complexity index is 538. The Morgan fingerprint density at radius 1 is 0.895 bits per heavy atom. The van der Waals surface area contributed by atoms with Gasteiger partial charge in [0.1, 0.15) is 0 Å². The summed E-state index contributed by atoms with van der Waals surface area (Å²) in [6, 6.07) is 16.3. The lowest BCUT2D eigenvalue weighted by Crippen LogP contribution is -2.16. The average Bonchev–Trinajstić information content (AvgIpc) is 2.40. The summed E-state index contributed by atoms with van der Waals surface area (Å²) in [6.07, 6.45) is 0. The Balaban J connectivity index is 2.24. The van der Waals surface area contributed by atoms with E-state index in [1.165, 1.54) is 5.56 Å². The molecule has 0 saturated carbocycles. The highest BCUT2D eigenvalue weighted by Crippen LogP contribution is 2.30. The summed E-state index contributed by atoms with van der Waals surface area (Å²) in [5.74, 6) is 0.469. The monoisotopic (exact) mass is 293 g/mol. The molecule has 100 valence electrons. The zero-order chi connectivity index (χ0) is 13.8. The molecule has 0 amide bonds. The van der Waals surface area contributed by atoms with Crippen LogP contribution in [-0.2, 0) is 0 Å². The molecule has 1 N–H and O–H groups in total. The van der Waals surface area contributed by atoms with Crippen molar-refractivity contribution < 1.29 is 0 Å². The van der Waals surface area contributed by atoms with Gasteiger partial charge in [-0.1, -0.05) is 67.4 Å². The third kappa shape index (κ3) is 3.65. The summed E-state index contributed by atoms with van der Waals surface area (Å²) >= 11 is 12.0. The normalized spacial score (nSPS) is 12.5. The lowest BCUT2D eigenvalue weighted by Gasteiger charge is -2.24. The molecule has 0 heterocycles. The van der Waals surface area contributed by atoms with Crippen molar-refractivity contribution in [3.63, 3.8) is 0 Å². The molecule has 0 bridgehead atoms.